The van der Waals surface area contributed by atoms with Gasteiger partial charge in [-0.2, -0.15) is 0 Å². The van der Waals surface area contributed by atoms with Crippen LogP contribution in [-0.2, 0) is 9.63 Å². The lowest BCUT2D eigenvalue weighted by atomic mass is 10.2. The molecule has 0 spiro atoms. The molecule has 0 saturated heterocycles. The highest BCUT2D eigenvalue weighted by Crippen LogP contribution is 2.08. The fraction of sp³-hybridized carbons (Fsp3) is 0. The quantitative estimate of drug-likeness (QED) is 0.309. The normalized spacial score (nSPS) is 11.8. The minimum Gasteiger partial charge on any atom is -0.380 e. The Morgan fingerprint density at radius 3 is 2.70 bits per heavy atom. The summed E-state index contributed by atoms with van der Waals surface area (Å²) in [6, 6.07) is 9.28. The van der Waals surface area contributed by atoms with Gasteiger partial charge < -0.3 is 10.6 Å². The van der Waals surface area contributed by atoms with Crippen LogP contribution in [0.2, 0.25) is 0 Å². The zero-order chi connectivity index (χ0) is 14.4. The number of nitrogens with two attached hydrogens (primary N) is 1. The lowest BCUT2D eigenvalue weighted by Crippen LogP contribution is -2.13. The van der Waals surface area contributed by atoms with Crippen molar-refractivity contribution < 1.29 is 14.0 Å². The zero-order valence-electron chi connectivity index (χ0n) is 10.3. The number of oxime groups is 1. The molecular formula is C14H11FN2O2S. The Bertz CT molecular complexity index is 634. The van der Waals surface area contributed by atoms with E-state index in [4.69, 9.17) is 5.73 Å². The minimum absolute atomic E-state index is 0.142. The van der Waals surface area contributed by atoms with Crippen molar-refractivity contribution in [2.45, 2.75) is 0 Å². The molecule has 0 amide bonds. The van der Waals surface area contributed by atoms with Crippen LogP contribution in [0.5, 0.6) is 0 Å². The van der Waals surface area contributed by atoms with Crippen molar-refractivity contribution in [3.8, 4) is 0 Å². The third-order valence-corrected chi connectivity index (χ3v) is 3.18. The highest BCUT2D eigenvalue weighted by Gasteiger charge is 2.01. The topological polar surface area (TPSA) is 64.7 Å². The van der Waals surface area contributed by atoms with Crippen LogP contribution in [0.25, 0.3) is 6.08 Å². The molecular weight excluding hydrogens is 279 g/mol. The first-order valence-electron chi connectivity index (χ1n) is 5.67. The van der Waals surface area contributed by atoms with Gasteiger partial charge in [-0.1, -0.05) is 23.4 Å². The molecule has 1 aromatic heterocycles. The Kier molecular flexibility index (Phi) is 4.62. The predicted molar refractivity (Wildman–Crippen MR) is 76.6 cm³/mol. The maximum Gasteiger partial charge on any atom is 0.358 e. The molecule has 0 bridgehead atoms. The van der Waals surface area contributed by atoms with Crippen LogP contribution in [0.15, 0.2) is 53.0 Å². The second-order valence-electron chi connectivity index (χ2n) is 3.75. The van der Waals surface area contributed by atoms with E-state index in [9.17, 15) is 9.18 Å². The number of halogens is 1. The maximum absolute atomic E-state index is 12.7. The summed E-state index contributed by atoms with van der Waals surface area (Å²) in [7, 11) is 0. The van der Waals surface area contributed by atoms with Gasteiger partial charge >= 0.3 is 5.97 Å². The molecule has 1 aromatic carbocycles. The van der Waals surface area contributed by atoms with Crippen molar-refractivity contribution in [3.05, 3.63) is 64.1 Å². The largest absolute Gasteiger partial charge is 0.380 e. The van der Waals surface area contributed by atoms with Gasteiger partial charge in [0, 0.05) is 6.08 Å². The number of rotatable bonds is 4. The second-order valence-corrected chi connectivity index (χ2v) is 4.70. The highest BCUT2D eigenvalue weighted by molar-refractivity contribution is 7.12. The summed E-state index contributed by atoms with van der Waals surface area (Å²) in [4.78, 5) is 16.8. The van der Waals surface area contributed by atoms with Crippen molar-refractivity contribution >= 4 is 29.2 Å². The molecule has 0 saturated carbocycles. The van der Waals surface area contributed by atoms with Crippen LogP contribution in [0.1, 0.15) is 10.4 Å². The highest BCUT2D eigenvalue weighted by atomic mass is 32.1. The Morgan fingerprint density at radius 1 is 1.30 bits per heavy atom. The summed E-state index contributed by atoms with van der Waals surface area (Å²) in [5, 5.41) is 5.38. The van der Waals surface area contributed by atoms with Gasteiger partial charge in [0.15, 0.2) is 5.84 Å². The number of hydrogen-bond donors (Lipinski definition) is 1. The smallest absolute Gasteiger partial charge is 0.358 e. The van der Waals surface area contributed by atoms with Crippen LogP contribution >= 0.6 is 11.3 Å². The van der Waals surface area contributed by atoms with Gasteiger partial charge in [0.2, 0.25) is 0 Å². The number of amidine groups is 1. The van der Waals surface area contributed by atoms with Gasteiger partial charge in [-0.3, -0.25) is 0 Å². The molecule has 0 radical (unpaired) electrons. The monoisotopic (exact) mass is 290 g/mol. The van der Waals surface area contributed by atoms with E-state index in [1.165, 1.54) is 35.6 Å². The van der Waals surface area contributed by atoms with E-state index in [-0.39, 0.29) is 11.7 Å². The number of thiophene rings is 1. The number of hydrogen-bond acceptors (Lipinski definition) is 4. The lowest BCUT2D eigenvalue weighted by molar-refractivity contribution is -0.137. The van der Waals surface area contributed by atoms with Crippen molar-refractivity contribution in [2.75, 3.05) is 0 Å². The summed E-state index contributed by atoms with van der Waals surface area (Å²) >= 11 is 1.39. The fourth-order valence-electron chi connectivity index (χ4n) is 1.33. The molecule has 102 valence electrons. The first-order valence-corrected chi connectivity index (χ1v) is 6.55. The van der Waals surface area contributed by atoms with Gasteiger partial charge in [-0.25, -0.2) is 9.18 Å². The second kappa shape index (κ2) is 6.63. The van der Waals surface area contributed by atoms with Crippen LogP contribution in [-0.4, -0.2) is 11.8 Å². The van der Waals surface area contributed by atoms with E-state index in [0.29, 0.717) is 5.56 Å². The standard InChI is InChI=1S/C14H11FN2O2S/c15-11-6-3-10(4-7-11)5-8-13(18)19-17-14(16)12-2-1-9-20-12/h1-9H,(H2,16,17)/b8-5+. The van der Waals surface area contributed by atoms with Crippen molar-refractivity contribution in [1.29, 1.82) is 0 Å². The van der Waals surface area contributed by atoms with Crippen molar-refractivity contribution in [3.63, 3.8) is 0 Å². The zero-order valence-corrected chi connectivity index (χ0v) is 11.1. The van der Waals surface area contributed by atoms with E-state index in [2.05, 4.69) is 9.99 Å². The summed E-state index contributed by atoms with van der Waals surface area (Å²) in [6.45, 7) is 0. The fourth-order valence-corrected chi connectivity index (χ4v) is 1.95. The molecule has 2 aromatic rings. The van der Waals surface area contributed by atoms with Gasteiger partial charge in [0.25, 0.3) is 0 Å². The third kappa shape index (κ3) is 4.03. The van der Waals surface area contributed by atoms with Gasteiger partial charge in [0.1, 0.15) is 5.82 Å². The van der Waals surface area contributed by atoms with Crippen molar-refractivity contribution in [1.82, 2.24) is 0 Å². The van der Waals surface area contributed by atoms with Gasteiger partial charge in [-0.15, -0.1) is 11.3 Å². The molecule has 0 unspecified atom stereocenters. The Hall–Kier alpha value is -2.47. The maximum atomic E-state index is 12.7. The van der Waals surface area contributed by atoms with E-state index in [0.717, 1.165) is 4.88 Å². The molecule has 20 heavy (non-hydrogen) atoms. The Morgan fingerprint density at radius 2 is 2.05 bits per heavy atom. The molecule has 2 rings (SSSR count). The summed E-state index contributed by atoms with van der Waals surface area (Å²) in [5.41, 5.74) is 6.31. The molecule has 4 nitrogen and oxygen atoms in total. The first kappa shape index (κ1) is 14.0. The predicted octanol–water partition coefficient (Wildman–Crippen LogP) is 2.76. The van der Waals surface area contributed by atoms with E-state index in [1.54, 1.807) is 18.2 Å². The number of carbonyl (C=O) groups excluding carboxylic acids is 1. The molecule has 2 N–H and O–H groups in total. The molecule has 0 aliphatic rings. The van der Waals surface area contributed by atoms with E-state index >= 15 is 0 Å². The average molecular weight is 290 g/mol. The summed E-state index contributed by atoms with van der Waals surface area (Å²) in [6.07, 6.45) is 2.69. The SMILES string of the molecule is N/C(=N\OC(=O)/C=C/c1ccc(F)cc1)c1cccs1. The van der Waals surface area contributed by atoms with Crippen LogP contribution < -0.4 is 5.73 Å². The number of carbonyl (C=O) groups is 1. The molecule has 6 heteroatoms. The first-order chi connectivity index (χ1) is 9.65. The van der Waals surface area contributed by atoms with E-state index in [1.807, 2.05) is 11.4 Å². The molecule has 1 heterocycles. The minimum atomic E-state index is -0.658. The number of nitrogens with zero attached hydrogens (tertiary/aromatic N) is 1. The van der Waals surface area contributed by atoms with E-state index < -0.39 is 5.97 Å². The molecule has 0 aliphatic heterocycles. The van der Waals surface area contributed by atoms with Gasteiger partial charge in [-0.05, 0) is 35.2 Å². The molecule has 0 aliphatic carbocycles. The third-order valence-electron chi connectivity index (χ3n) is 2.29. The molecule has 0 atom stereocenters. The molecule has 0 fully saturated rings. The van der Waals surface area contributed by atoms with Gasteiger partial charge in [0.05, 0.1) is 4.88 Å². The lowest BCUT2D eigenvalue weighted by Gasteiger charge is -1.96. The Balaban J connectivity index is 1.92. The van der Waals surface area contributed by atoms with Crippen molar-refractivity contribution in [2.24, 2.45) is 10.9 Å². The number of benzene rings is 1. The van der Waals surface area contributed by atoms with Crippen LogP contribution in [0, 0.1) is 5.82 Å². The average Bonchev–Trinajstić information content (AvgIpc) is 2.98. The summed E-state index contributed by atoms with van der Waals surface area (Å²) in [5.74, 6) is -0.851. The Labute approximate surface area is 119 Å². The summed E-state index contributed by atoms with van der Waals surface area (Å²) < 4.78 is 12.7. The van der Waals surface area contributed by atoms with Crippen LogP contribution in [0.4, 0.5) is 4.39 Å². The van der Waals surface area contributed by atoms with Crippen LogP contribution in [0.3, 0.4) is 0 Å².